The summed E-state index contributed by atoms with van der Waals surface area (Å²) in [5, 5.41) is 4.39. The molecule has 0 radical (unpaired) electrons. The van der Waals surface area contributed by atoms with E-state index in [0.29, 0.717) is 16.9 Å². The molecule has 116 valence electrons. The number of ether oxygens (including phenoxy) is 1. The van der Waals surface area contributed by atoms with Gasteiger partial charge < -0.3 is 10.1 Å². The molecule has 1 N–H and O–H groups in total. The van der Waals surface area contributed by atoms with Crippen molar-refractivity contribution in [1.82, 2.24) is 5.32 Å². The number of nitrogens with one attached hydrogen (secondary N) is 1. The molecule has 1 aromatic heterocycles. The highest BCUT2D eigenvalue weighted by molar-refractivity contribution is 7.12. The number of thiophene rings is 1. The lowest BCUT2D eigenvalue weighted by Gasteiger charge is -2.07. The molecule has 1 amide bonds. The maximum atomic E-state index is 13.4. The number of rotatable bonds is 6. The van der Waals surface area contributed by atoms with Crippen molar-refractivity contribution < 1.29 is 18.7 Å². The molecule has 4 nitrogen and oxygen atoms in total. The van der Waals surface area contributed by atoms with Crippen molar-refractivity contribution in [2.24, 2.45) is 0 Å². The third-order valence-electron chi connectivity index (χ3n) is 3.06. The van der Waals surface area contributed by atoms with Gasteiger partial charge in [-0.15, -0.1) is 11.3 Å². The van der Waals surface area contributed by atoms with E-state index in [1.54, 1.807) is 23.6 Å². The standard InChI is InChI=1S/C16H16FNO3S/c1-11-7-9-22-15(11)16(20)21-10-14(19)18-8-6-12-4-2-3-5-13(12)17/h2-5,7,9H,6,8,10H2,1H3,(H,18,19). The minimum absolute atomic E-state index is 0.287. The van der Waals surface area contributed by atoms with Crippen LogP contribution < -0.4 is 5.32 Å². The zero-order valence-corrected chi connectivity index (χ0v) is 12.9. The fourth-order valence-corrected chi connectivity index (χ4v) is 2.68. The molecule has 0 spiro atoms. The van der Waals surface area contributed by atoms with Gasteiger partial charge in [0.25, 0.3) is 5.91 Å². The summed E-state index contributed by atoms with van der Waals surface area (Å²) in [5.74, 6) is -1.20. The summed E-state index contributed by atoms with van der Waals surface area (Å²) < 4.78 is 18.3. The van der Waals surface area contributed by atoms with Gasteiger partial charge in [-0.05, 0) is 42.0 Å². The lowest BCUT2D eigenvalue weighted by molar-refractivity contribution is -0.124. The number of hydrogen-bond acceptors (Lipinski definition) is 4. The highest BCUT2D eigenvalue weighted by Crippen LogP contribution is 2.16. The Hall–Kier alpha value is -2.21. The van der Waals surface area contributed by atoms with Crippen molar-refractivity contribution in [3.05, 3.63) is 57.5 Å². The van der Waals surface area contributed by atoms with Crippen LogP contribution in [-0.4, -0.2) is 25.0 Å². The number of benzene rings is 1. The van der Waals surface area contributed by atoms with Crippen LogP contribution in [0, 0.1) is 12.7 Å². The van der Waals surface area contributed by atoms with Crippen molar-refractivity contribution in [3.8, 4) is 0 Å². The molecule has 0 aliphatic carbocycles. The van der Waals surface area contributed by atoms with Gasteiger partial charge in [0.05, 0.1) is 0 Å². The van der Waals surface area contributed by atoms with E-state index in [1.165, 1.54) is 17.4 Å². The Labute approximate surface area is 131 Å². The summed E-state index contributed by atoms with van der Waals surface area (Å²) >= 11 is 1.28. The van der Waals surface area contributed by atoms with Gasteiger partial charge in [-0.2, -0.15) is 0 Å². The van der Waals surface area contributed by atoms with Crippen LogP contribution >= 0.6 is 11.3 Å². The number of aryl methyl sites for hydroxylation is 1. The minimum atomic E-state index is -0.503. The molecule has 0 unspecified atom stereocenters. The van der Waals surface area contributed by atoms with Crippen LogP contribution in [0.25, 0.3) is 0 Å². The molecule has 0 aliphatic rings. The van der Waals surface area contributed by atoms with Gasteiger partial charge >= 0.3 is 5.97 Å². The third kappa shape index (κ3) is 4.39. The average Bonchev–Trinajstić information content (AvgIpc) is 2.93. The molecular weight excluding hydrogens is 305 g/mol. The topological polar surface area (TPSA) is 55.4 Å². The van der Waals surface area contributed by atoms with E-state index in [1.807, 2.05) is 13.0 Å². The minimum Gasteiger partial charge on any atom is -0.451 e. The van der Waals surface area contributed by atoms with Crippen LogP contribution in [0.3, 0.4) is 0 Å². The first-order valence-electron chi connectivity index (χ1n) is 6.79. The van der Waals surface area contributed by atoms with E-state index in [4.69, 9.17) is 4.74 Å². The molecule has 0 fully saturated rings. The molecule has 1 heterocycles. The number of carbonyl (C=O) groups is 2. The molecule has 2 rings (SSSR count). The first-order valence-corrected chi connectivity index (χ1v) is 7.67. The zero-order chi connectivity index (χ0) is 15.9. The van der Waals surface area contributed by atoms with Gasteiger partial charge in [0.15, 0.2) is 6.61 Å². The van der Waals surface area contributed by atoms with Gasteiger partial charge in [0.2, 0.25) is 0 Å². The first-order chi connectivity index (χ1) is 10.6. The van der Waals surface area contributed by atoms with Crippen molar-refractivity contribution in [2.75, 3.05) is 13.2 Å². The largest absolute Gasteiger partial charge is 0.451 e. The van der Waals surface area contributed by atoms with Gasteiger partial charge in [-0.25, -0.2) is 9.18 Å². The second-order valence-electron chi connectivity index (χ2n) is 4.70. The first kappa shape index (κ1) is 16.2. The Balaban J connectivity index is 1.71. The Morgan fingerprint density at radius 3 is 2.73 bits per heavy atom. The van der Waals surface area contributed by atoms with E-state index in [2.05, 4.69) is 5.32 Å². The van der Waals surface area contributed by atoms with Crippen LogP contribution in [0.1, 0.15) is 20.8 Å². The summed E-state index contributed by atoms with van der Waals surface area (Å²) in [6.45, 7) is 1.75. The summed E-state index contributed by atoms with van der Waals surface area (Å²) in [5.41, 5.74) is 1.36. The van der Waals surface area contributed by atoms with Gasteiger partial charge in [0.1, 0.15) is 10.7 Å². The summed E-state index contributed by atoms with van der Waals surface area (Å²) in [4.78, 5) is 23.8. The lowest BCUT2D eigenvalue weighted by Crippen LogP contribution is -2.30. The van der Waals surface area contributed by atoms with Crippen LogP contribution in [0.5, 0.6) is 0 Å². The Kier molecular flexibility index (Phi) is 5.66. The molecule has 0 aliphatic heterocycles. The van der Waals surface area contributed by atoms with Crippen molar-refractivity contribution in [2.45, 2.75) is 13.3 Å². The van der Waals surface area contributed by atoms with E-state index in [-0.39, 0.29) is 19.0 Å². The maximum absolute atomic E-state index is 13.4. The fourth-order valence-electron chi connectivity index (χ4n) is 1.87. The monoisotopic (exact) mass is 321 g/mol. The highest BCUT2D eigenvalue weighted by Gasteiger charge is 2.13. The predicted octanol–water partition coefficient (Wildman–Crippen LogP) is 2.71. The van der Waals surface area contributed by atoms with E-state index in [9.17, 15) is 14.0 Å². The molecule has 0 saturated carbocycles. The molecule has 0 atom stereocenters. The molecule has 0 saturated heterocycles. The Morgan fingerprint density at radius 2 is 2.05 bits per heavy atom. The summed E-state index contributed by atoms with van der Waals surface area (Å²) in [6, 6.07) is 8.22. The molecular formula is C16H16FNO3S. The van der Waals surface area contributed by atoms with Gasteiger partial charge in [-0.1, -0.05) is 18.2 Å². The molecule has 2 aromatic rings. The number of amides is 1. The van der Waals surface area contributed by atoms with Crippen LogP contribution in [-0.2, 0) is 16.0 Å². The third-order valence-corrected chi connectivity index (χ3v) is 4.05. The number of hydrogen-bond donors (Lipinski definition) is 1. The maximum Gasteiger partial charge on any atom is 0.349 e. The summed E-state index contributed by atoms with van der Waals surface area (Å²) in [6.07, 6.45) is 0.385. The lowest BCUT2D eigenvalue weighted by atomic mass is 10.1. The quantitative estimate of drug-likeness (QED) is 0.832. The second kappa shape index (κ2) is 7.70. The summed E-state index contributed by atoms with van der Waals surface area (Å²) in [7, 11) is 0. The predicted molar refractivity (Wildman–Crippen MR) is 82.5 cm³/mol. The SMILES string of the molecule is Cc1ccsc1C(=O)OCC(=O)NCCc1ccccc1F. The van der Waals surface area contributed by atoms with Crippen LogP contribution in [0.4, 0.5) is 4.39 Å². The Bertz CT molecular complexity index is 669. The highest BCUT2D eigenvalue weighted by atomic mass is 32.1. The van der Waals surface area contributed by atoms with Crippen LogP contribution in [0.15, 0.2) is 35.7 Å². The van der Waals surface area contributed by atoms with Gasteiger partial charge in [-0.3, -0.25) is 4.79 Å². The number of halogens is 1. The van der Waals surface area contributed by atoms with E-state index < -0.39 is 11.9 Å². The molecule has 0 bridgehead atoms. The van der Waals surface area contributed by atoms with Crippen LogP contribution in [0.2, 0.25) is 0 Å². The second-order valence-corrected chi connectivity index (χ2v) is 5.62. The van der Waals surface area contributed by atoms with Crippen molar-refractivity contribution >= 4 is 23.2 Å². The normalized spacial score (nSPS) is 10.3. The fraction of sp³-hybridized carbons (Fsp3) is 0.250. The van der Waals surface area contributed by atoms with E-state index >= 15 is 0 Å². The molecule has 22 heavy (non-hydrogen) atoms. The van der Waals surface area contributed by atoms with Crippen molar-refractivity contribution in [3.63, 3.8) is 0 Å². The smallest absolute Gasteiger partial charge is 0.349 e. The molecule has 1 aromatic carbocycles. The average molecular weight is 321 g/mol. The zero-order valence-electron chi connectivity index (χ0n) is 12.1. The number of carbonyl (C=O) groups excluding carboxylic acids is 2. The molecule has 6 heteroatoms. The van der Waals surface area contributed by atoms with E-state index in [0.717, 1.165) is 5.56 Å². The number of esters is 1. The van der Waals surface area contributed by atoms with Crippen molar-refractivity contribution in [1.29, 1.82) is 0 Å². The Morgan fingerprint density at radius 1 is 1.27 bits per heavy atom. The van der Waals surface area contributed by atoms with Gasteiger partial charge in [0, 0.05) is 6.54 Å².